The molecular formula is C15H21NS2. The summed E-state index contributed by atoms with van der Waals surface area (Å²) >= 11 is 0. The van der Waals surface area contributed by atoms with Gasteiger partial charge in [-0.2, -0.15) is 0 Å². The van der Waals surface area contributed by atoms with Crippen LogP contribution in [-0.2, 0) is 0 Å². The third-order valence-corrected chi connectivity index (χ3v) is 5.05. The molecule has 1 unspecified atom stereocenters. The van der Waals surface area contributed by atoms with E-state index in [0.29, 0.717) is 6.04 Å². The minimum absolute atomic E-state index is 0.599. The first-order chi connectivity index (χ1) is 8.85. The van der Waals surface area contributed by atoms with Crippen molar-refractivity contribution in [3.8, 4) is 0 Å². The number of nitrogens with one attached hydrogen (secondary N) is 1. The summed E-state index contributed by atoms with van der Waals surface area (Å²) in [6.07, 6.45) is 8.39. The number of hydrogen-bond acceptors (Lipinski definition) is 3. The quantitative estimate of drug-likeness (QED) is 0.791. The van der Waals surface area contributed by atoms with Crippen molar-refractivity contribution in [3.63, 3.8) is 0 Å². The molecule has 3 heteroatoms. The summed E-state index contributed by atoms with van der Waals surface area (Å²) in [6, 6.07) is 9.30. The van der Waals surface area contributed by atoms with Gasteiger partial charge >= 0.3 is 0 Å². The molecule has 0 spiro atoms. The van der Waals surface area contributed by atoms with Crippen molar-refractivity contribution in [1.82, 2.24) is 5.32 Å². The van der Waals surface area contributed by atoms with Crippen molar-refractivity contribution in [2.45, 2.75) is 37.1 Å². The van der Waals surface area contributed by atoms with Crippen molar-refractivity contribution < 1.29 is 0 Å². The van der Waals surface area contributed by atoms with Crippen LogP contribution in [0.15, 0.2) is 34.7 Å². The number of rotatable bonds is 5. The standard InChI is InChI=1S/C15H21NS2/c1-3-16-14-9-6-8-12(14)11-13-7-4-5-10-15(13)18-17-2/h4-5,7,10-11,14,16H,3,6,8-9H2,1-2H3/b12-11+. The molecule has 1 aliphatic rings. The molecule has 0 amide bonds. The zero-order valence-electron chi connectivity index (χ0n) is 11.1. The second-order valence-electron chi connectivity index (χ2n) is 4.51. The lowest BCUT2D eigenvalue weighted by Gasteiger charge is -2.13. The summed E-state index contributed by atoms with van der Waals surface area (Å²) in [5.74, 6) is 0. The summed E-state index contributed by atoms with van der Waals surface area (Å²) in [7, 11) is 3.66. The monoisotopic (exact) mass is 279 g/mol. The Labute approximate surface area is 118 Å². The molecule has 0 saturated heterocycles. The Morgan fingerprint density at radius 1 is 1.39 bits per heavy atom. The molecule has 1 aromatic carbocycles. The van der Waals surface area contributed by atoms with E-state index in [1.807, 2.05) is 21.6 Å². The van der Waals surface area contributed by atoms with Crippen LogP contribution in [0.5, 0.6) is 0 Å². The van der Waals surface area contributed by atoms with Crippen LogP contribution in [0.25, 0.3) is 6.08 Å². The van der Waals surface area contributed by atoms with Gasteiger partial charge in [0.25, 0.3) is 0 Å². The molecule has 0 aliphatic heterocycles. The molecule has 1 nitrogen and oxygen atoms in total. The summed E-state index contributed by atoms with van der Waals surface area (Å²) in [6.45, 7) is 3.25. The molecule has 1 saturated carbocycles. The SMILES string of the molecule is CCNC1CCC/C1=C\c1ccccc1SSC. The van der Waals surface area contributed by atoms with E-state index in [1.54, 1.807) is 5.57 Å². The number of benzene rings is 1. The van der Waals surface area contributed by atoms with Crippen LogP contribution in [0.4, 0.5) is 0 Å². The van der Waals surface area contributed by atoms with E-state index in [2.05, 4.69) is 48.8 Å². The van der Waals surface area contributed by atoms with E-state index >= 15 is 0 Å². The van der Waals surface area contributed by atoms with Crippen LogP contribution in [0, 0.1) is 0 Å². The maximum atomic E-state index is 3.59. The highest BCUT2D eigenvalue weighted by atomic mass is 33.1. The molecule has 18 heavy (non-hydrogen) atoms. The lowest BCUT2D eigenvalue weighted by Crippen LogP contribution is -2.27. The Bertz CT molecular complexity index is 415. The first-order valence-electron chi connectivity index (χ1n) is 6.58. The average Bonchev–Trinajstić information content (AvgIpc) is 2.80. The highest BCUT2D eigenvalue weighted by Crippen LogP contribution is 2.34. The van der Waals surface area contributed by atoms with Gasteiger partial charge in [-0.3, -0.25) is 0 Å². The number of likely N-dealkylation sites (N-methyl/N-ethyl adjacent to an activating group) is 1. The molecular weight excluding hydrogens is 258 g/mol. The third kappa shape index (κ3) is 3.56. The summed E-state index contributed by atoms with van der Waals surface area (Å²) in [4.78, 5) is 1.37. The van der Waals surface area contributed by atoms with Crippen molar-refractivity contribution in [2.75, 3.05) is 12.8 Å². The molecule has 1 aliphatic carbocycles. The summed E-state index contributed by atoms with van der Waals surface area (Å²) in [5, 5.41) is 3.59. The molecule has 1 fully saturated rings. The van der Waals surface area contributed by atoms with E-state index < -0.39 is 0 Å². The smallest absolute Gasteiger partial charge is 0.0282 e. The molecule has 0 bridgehead atoms. The summed E-state index contributed by atoms with van der Waals surface area (Å²) < 4.78 is 0. The third-order valence-electron chi connectivity index (χ3n) is 3.29. The van der Waals surface area contributed by atoms with Crippen LogP contribution in [0.3, 0.4) is 0 Å². The fraction of sp³-hybridized carbons (Fsp3) is 0.467. The van der Waals surface area contributed by atoms with Gasteiger partial charge in [0.1, 0.15) is 0 Å². The maximum Gasteiger partial charge on any atom is 0.0282 e. The van der Waals surface area contributed by atoms with Crippen molar-refractivity contribution in [2.24, 2.45) is 0 Å². The fourth-order valence-corrected chi connectivity index (χ4v) is 4.02. The Kier molecular flexibility index (Phi) is 5.67. The van der Waals surface area contributed by atoms with E-state index in [4.69, 9.17) is 0 Å². The van der Waals surface area contributed by atoms with Gasteiger partial charge < -0.3 is 5.32 Å². The van der Waals surface area contributed by atoms with E-state index in [0.717, 1.165) is 6.54 Å². The summed E-state index contributed by atoms with van der Waals surface area (Å²) in [5.41, 5.74) is 2.95. The first-order valence-corrected chi connectivity index (χ1v) is 9.14. The first kappa shape index (κ1) is 14.0. The maximum absolute atomic E-state index is 3.59. The Hall–Kier alpha value is -0.380. The lowest BCUT2D eigenvalue weighted by molar-refractivity contribution is 0.601. The van der Waals surface area contributed by atoms with Crippen LogP contribution in [-0.4, -0.2) is 18.8 Å². The molecule has 0 aromatic heterocycles. The molecule has 0 radical (unpaired) electrons. The van der Waals surface area contributed by atoms with Gasteiger partial charge in [-0.15, -0.1) is 0 Å². The van der Waals surface area contributed by atoms with E-state index in [1.165, 1.54) is 29.7 Å². The zero-order chi connectivity index (χ0) is 12.8. The van der Waals surface area contributed by atoms with Crippen molar-refractivity contribution in [1.29, 1.82) is 0 Å². The Morgan fingerprint density at radius 2 is 2.22 bits per heavy atom. The van der Waals surface area contributed by atoms with Gasteiger partial charge in [0.05, 0.1) is 0 Å². The van der Waals surface area contributed by atoms with Crippen LogP contribution in [0.1, 0.15) is 31.7 Å². The van der Waals surface area contributed by atoms with Gasteiger partial charge in [-0.1, -0.05) is 58.4 Å². The zero-order valence-corrected chi connectivity index (χ0v) is 12.7. The second-order valence-corrected chi connectivity index (χ2v) is 6.95. The van der Waals surface area contributed by atoms with Crippen LogP contribution < -0.4 is 5.32 Å². The highest BCUT2D eigenvalue weighted by Gasteiger charge is 2.19. The predicted octanol–water partition coefficient (Wildman–Crippen LogP) is 4.60. The normalized spacial score (nSPS) is 21.7. The van der Waals surface area contributed by atoms with E-state index in [9.17, 15) is 0 Å². The molecule has 1 N–H and O–H groups in total. The number of hydrogen-bond donors (Lipinski definition) is 1. The minimum atomic E-state index is 0.599. The topological polar surface area (TPSA) is 12.0 Å². The van der Waals surface area contributed by atoms with E-state index in [-0.39, 0.29) is 0 Å². The van der Waals surface area contributed by atoms with Gasteiger partial charge in [-0.05, 0) is 43.7 Å². The second kappa shape index (κ2) is 7.27. The van der Waals surface area contributed by atoms with Gasteiger partial charge in [-0.25, -0.2) is 0 Å². The Balaban J connectivity index is 2.20. The predicted molar refractivity (Wildman–Crippen MR) is 85.1 cm³/mol. The largest absolute Gasteiger partial charge is 0.311 e. The molecule has 0 heterocycles. The molecule has 98 valence electrons. The minimum Gasteiger partial charge on any atom is -0.311 e. The molecule has 1 aromatic rings. The van der Waals surface area contributed by atoms with Crippen LogP contribution in [0.2, 0.25) is 0 Å². The van der Waals surface area contributed by atoms with Crippen molar-refractivity contribution >= 4 is 27.7 Å². The molecule has 2 rings (SSSR count). The van der Waals surface area contributed by atoms with Gasteiger partial charge in [0, 0.05) is 10.9 Å². The van der Waals surface area contributed by atoms with Crippen molar-refractivity contribution in [3.05, 3.63) is 35.4 Å². The molecule has 1 atom stereocenters. The van der Waals surface area contributed by atoms with Gasteiger partial charge in [0.15, 0.2) is 0 Å². The Morgan fingerprint density at radius 3 is 3.00 bits per heavy atom. The highest BCUT2D eigenvalue weighted by molar-refractivity contribution is 8.76. The van der Waals surface area contributed by atoms with Crippen LogP contribution >= 0.6 is 21.6 Å². The average molecular weight is 279 g/mol. The fourth-order valence-electron chi connectivity index (χ4n) is 2.49. The van der Waals surface area contributed by atoms with Gasteiger partial charge in [0.2, 0.25) is 0 Å². The lowest BCUT2D eigenvalue weighted by atomic mass is 10.1.